The zero-order valence-corrected chi connectivity index (χ0v) is 15.6. The zero-order chi connectivity index (χ0) is 18.3. The van der Waals surface area contributed by atoms with Gasteiger partial charge in [0.2, 0.25) is 0 Å². The molecule has 1 unspecified atom stereocenters. The Balaban J connectivity index is 1.89. The Bertz CT molecular complexity index is 962. The second kappa shape index (κ2) is 6.57. The quantitative estimate of drug-likeness (QED) is 0.751. The normalized spacial score (nSPS) is 16.4. The lowest BCUT2D eigenvalue weighted by Crippen LogP contribution is -2.30. The third-order valence-electron chi connectivity index (χ3n) is 5.22. The number of H-pyrrole nitrogens is 1. The van der Waals surface area contributed by atoms with Crippen LogP contribution in [0, 0.1) is 6.92 Å². The molecule has 2 N–H and O–H groups in total. The molecule has 0 spiro atoms. The molecule has 0 saturated carbocycles. The largest absolute Gasteiger partial charge is 0.497 e. The first-order valence-electron chi connectivity index (χ1n) is 8.80. The van der Waals surface area contributed by atoms with Crippen LogP contribution in [0.1, 0.15) is 28.4 Å². The van der Waals surface area contributed by atoms with Gasteiger partial charge in [0.15, 0.2) is 0 Å². The van der Waals surface area contributed by atoms with Crippen molar-refractivity contribution in [3.63, 3.8) is 0 Å². The molecule has 5 nitrogen and oxygen atoms in total. The van der Waals surface area contributed by atoms with Crippen LogP contribution in [-0.4, -0.2) is 32.9 Å². The Morgan fingerprint density at radius 1 is 0.962 bits per heavy atom. The summed E-state index contributed by atoms with van der Waals surface area (Å²) in [6.07, 6.45) is 0.977. The van der Waals surface area contributed by atoms with Crippen molar-refractivity contribution in [2.24, 2.45) is 0 Å². The summed E-state index contributed by atoms with van der Waals surface area (Å²) in [5.41, 5.74) is 5.79. The van der Waals surface area contributed by atoms with Crippen LogP contribution in [0.3, 0.4) is 0 Å². The lowest BCUT2D eigenvalue weighted by atomic mass is 9.93. The van der Waals surface area contributed by atoms with Gasteiger partial charge in [-0.3, -0.25) is 0 Å². The van der Waals surface area contributed by atoms with Gasteiger partial charge in [-0.2, -0.15) is 0 Å². The van der Waals surface area contributed by atoms with Gasteiger partial charge in [0.05, 0.1) is 27.4 Å². The van der Waals surface area contributed by atoms with E-state index in [1.165, 1.54) is 16.6 Å². The molecular weight excluding hydrogens is 328 g/mol. The molecule has 2 heterocycles. The fourth-order valence-corrected chi connectivity index (χ4v) is 3.90. The Kier molecular flexibility index (Phi) is 4.24. The number of aromatic amines is 1. The van der Waals surface area contributed by atoms with Gasteiger partial charge in [-0.1, -0.05) is 0 Å². The molecule has 26 heavy (non-hydrogen) atoms. The van der Waals surface area contributed by atoms with Crippen LogP contribution in [0.4, 0.5) is 0 Å². The van der Waals surface area contributed by atoms with E-state index >= 15 is 0 Å². The van der Waals surface area contributed by atoms with Gasteiger partial charge in [0.25, 0.3) is 0 Å². The molecule has 0 bridgehead atoms. The van der Waals surface area contributed by atoms with E-state index in [1.807, 2.05) is 19.1 Å². The molecule has 1 atom stereocenters. The maximum atomic E-state index is 5.68. The van der Waals surface area contributed by atoms with Gasteiger partial charge in [-0.15, -0.1) is 0 Å². The van der Waals surface area contributed by atoms with Crippen molar-refractivity contribution in [1.82, 2.24) is 10.3 Å². The molecule has 1 aromatic heterocycles. The van der Waals surface area contributed by atoms with Gasteiger partial charge in [-0.25, -0.2) is 0 Å². The van der Waals surface area contributed by atoms with E-state index in [1.54, 1.807) is 21.3 Å². The Morgan fingerprint density at radius 2 is 1.77 bits per heavy atom. The van der Waals surface area contributed by atoms with E-state index in [4.69, 9.17) is 14.2 Å². The van der Waals surface area contributed by atoms with Crippen molar-refractivity contribution in [3.05, 3.63) is 52.7 Å². The first kappa shape index (κ1) is 16.8. The maximum Gasteiger partial charge on any atom is 0.124 e. The average molecular weight is 352 g/mol. The summed E-state index contributed by atoms with van der Waals surface area (Å²) in [5, 5.41) is 4.85. The smallest absolute Gasteiger partial charge is 0.124 e. The first-order valence-corrected chi connectivity index (χ1v) is 8.80. The summed E-state index contributed by atoms with van der Waals surface area (Å²) in [5.74, 6) is 2.61. The number of methoxy groups -OCH3 is 3. The topological polar surface area (TPSA) is 55.5 Å². The molecule has 0 radical (unpaired) electrons. The van der Waals surface area contributed by atoms with Crippen LogP contribution in [0.2, 0.25) is 0 Å². The minimum atomic E-state index is 0.0293. The summed E-state index contributed by atoms with van der Waals surface area (Å²) in [6, 6.07) is 10.3. The van der Waals surface area contributed by atoms with Crippen molar-refractivity contribution in [2.45, 2.75) is 19.4 Å². The second-order valence-electron chi connectivity index (χ2n) is 6.63. The molecule has 4 rings (SSSR count). The number of benzene rings is 2. The fourth-order valence-electron chi connectivity index (χ4n) is 3.90. The molecule has 5 heteroatoms. The molecule has 1 aliphatic rings. The Labute approximate surface area is 153 Å². The number of aryl methyl sites for hydroxylation is 1. The summed E-state index contributed by atoms with van der Waals surface area (Å²) >= 11 is 0. The summed E-state index contributed by atoms with van der Waals surface area (Å²) < 4.78 is 16.6. The van der Waals surface area contributed by atoms with E-state index in [0.717, 1.165) is 46.9 Å². The summed E-state index contributed by atoms with van der Waals surface area (Å²) in [6.45, 7) is 2.93. The predicted molar refractivity (Wildman–Crippen MR) is 103 cm³/mol. The fraction of sp³-hybridized carbons (Fsp3) is 0.333. The number of aromatic nitrogens is 1. The number of fused-ring (bicyclic) bond motifs is 3. The lowest BCUT2D eigenvalue weighted by Gasteiger charge is -2.27. The lowest BCUT2D eigenvalue weighted by molar-refractivity contribution is 0.390. The van der Waals surface area contributed by atoms with E-state index in [2.05, 4.69) is 28.5 Å². The molecule has 0 saturated heterocycles. The predicted octanol–water partition coefficient (Wildman–Crippen LogP) is 3.74. The van der Waals surface area contributed by atoms with Gasteiger partial charge in [-0.05, 0) is 54.8 Å². The van der Waals surface area contributed by atoms with Crippen LogP contribution < -0.4 is 19.5 Å². The van der Waals surface area contributed by atoms with Crippen molar-refractivity contribution in [3.8, 4) is 17.2 Å². The van der Waals surface area contributed by atoms with Crippen LogP contribution in [0.25, 0.3) is 10.9 Å². The molecule has 136 valence electrons. The second-order valence-corrected chi connectivity index (χ2v) is 6.63. The third-order valence-corrected chi connectivity index (χ3v) is 5.22. The van der Waals surface area contributed by atoms with Crippen LogP contribution >= 0.6 is 0 Å². The summed E-state index contributed by atoms with van der Waals surface area (Å²) in [4.78, 5) is 3.60. The Morgan fingerprint density at radius 3 is 2.50 bits per heavy atom. The van der Waals surface area contributed by atoms with Crippen molar-refractivity contribution < 1.29 is 14.2 Å². The number of rotatable bonds is 4. The molecule has 2 aromatic carbocycles. The number of hydrogen-bond donors (Lipinski definition) is 2. The third kappa shape index (κ3) is 2.59. The van der Waals surface area contributed by atoms with Gasteiger partial charge < -0.3 is 24.5 Å². The zero-order valence-electron chi connectivity index (χ0n) is 15.6. The van der Waals surface area contributed by atoms with Crippen LogP contribution in [-0.2, 0) is 6.42 Å². The first-order chi connectivity index (χ1) is 12.7. The minimum absolute atomic E-state index is 0.0293. The van der Waals surface area contributed by atoms with E-state index in [-0.39, 0.29) is 6.04 Å². The van der Waals surface area contributed by atoms with Crippen LogP contribution in [0.15, 0.2) is 30.3 Å². The summed E-state index contributed by atoms with van der Waals surface area (Å²) in [7, 11) is 5.12. The highest BCUT2D eigenvalue weighted by molar-refractivity contribution is 5.86. The number of hydrogen-bond acceptors (Lipinski definition) is 4. The Hall–Kier alpha value is -2.66. The van der Waals surface area contributed by atoms with Crippen molar-refractivity contribution >= 4 is 10.9 Å². The van der Waals surface area contributed by atoms with E-state index < -0.39 is 0 Å². The molecular formula is C21H24N2O3. The molecule has 0 amide bonds. The maximum absolute atomic E-state index is 5.68. The standard InChI is InChI=1S/C21H24N2O3/c1-12-9-19(26-4)16(11-18(12)25-3)20-21-14(7-8-22-20)15-10-13(24-2)5-6-17(15)23-21/h5-6,9-11,20,22-23H,7-8H2,1-4H3. The van der Waals surface area contributed by atoms with Crippen molar-refractivity contribution in [2.75, 3.05) is 27.9 Å². The SMILES string of the molecule is COc1ccc2[nH]c3c(c2c1)CCNC3c1cc(OC)c(C)cc1OC. The van der Waals surface area contributed by atoms with E-state index in [9.17, 15) is 0 Å². The molecule has 0 fully saturated rings. The number of ether oxygens (including phenoxy) is 3. The van der Waals surface area contributed by atoms with E-state index in [0.29, 0.717) is 0 Å². The highest BCUT2D eigenvalue weighted by atomic mass is 16.5. The van der Waals surface area contributed by atoms with Gasteiger partial charge in [0, 0.05) is 28.7 Å². The number of nitrogens with one attached hydrogen (secondary N) is 2. The monoisotopic (exact) mass is 352 g/mol. The van der Waals surface area contributed by atoms with Gasteiger partial charge >= 0.3 is 0 Å². The molecule has 1 aliphatic heterocycles. The van der Waals surface area contributed by atoms with Gasteiger partial charge in [0.1, 0.15) is 17.2 Å². The molecule has 3 aromatic rings. The minimum Gasteiger partial charge on any atom is -0.497 e. The highest BCUT2D eigenvalue weighted by Crippen LogP contribution is 2.40. The van der Waals surface area contributed by atoms with Crippen molar-refractivity contribution in [1.29, 1.82) is 0 Å². The van der Waals surface area contributed by atoms with Crippen LogP contribution in [0.5, 0.6) is 17.2 Å². The average Bonchev–Trinajstić information content (AvgIpc) is 3.05. The molecule has 0 aliphatic carbocycles. The highest BCUT2D eigenvalue weighted by Gasteiger charge is 2.28.